The molecule has 0 aromatic rings. The maximum atomic E-state index is 12.7. The van der Waals surface area contributed by atoms with Crippen molar-refractivity contribution in [1.82, 2.24) is 5.32 Å². The summed E-state index contributed by atoms with van der Waals surface area (Å²) >= 11 is 0. The van der Waals surface area contributed by atoms with E-state index < -0.39 is 21.4 Å². The summed E-state index contributed by atoms with van der Waals surface area (Å²) in [6.07, 6.45) is 8.86. The summed E-state index contributed by atoms with van der Waals surface area (Å²) in [5.74, 6) is 2.14. The van der Waals surface area contributed by atoms with E-state index in [1.165, 1.54) is 0 Å². The Morgan fingerprint density at radius 1 is 1.03 bits per heavy atom. The quantitative estimate of drug-likeness (QED) is 0.319. The first-order valence-corrected chi connectivity index (χ1v) is 16.8. The van der Waals surface area contributed by atoms with Crippen molar-refractivity contribution in [2.45, 2.75) is 123 Å². The van der Waals surface area contributed by atoms with Crippen molar-refractivity contribution in [1.29, 1.82) is 0 Å². The lowest BCUT2D eigenvalue weighted by Gasteiger charge is -2.64. The van der Waals surface area contributed by atoms with Gasteiger partial charge in [-0.2, -0.15) is 8.42 Å². The number of hydrogen-bond acceptors (Lipinski definition) is 5. The van der Waals surface area contributed by atoms with Gasteiger partial charge in [-0.3, -0.25) is 9.35 Å². The highest BCUT2D eigenvalue weighted by molar-refractivity contribution is 7.85. The fourth-order valence-corrected chi connectivity index (χ4v) is 11.4. The molecule has 0 spiro atoms. The summed E-state index contributed by atoms with van der Waals surface area (Å²) in [5.41, 5.74) is -0.674. The van der Waals surface area contributed by atoms with Gasteiger partial charge in [0.1, 0.15) is 0 Å². The van der Waals surface area contributed by atoms with Gasteiger partial charge in [-0.15, -0.1) is 0 Å². The lowest BCUT2D eigenvalue weighted by molar-refractivity contribution is -0.203. The van der Waals surface area contributed by atoms with Crippen molar-refractivity contribution in [2.24, 2.45) is 52.3 Å². The van der Waals surface area contributed by atoms with E-state index in [0.29, 0.717) is 41.9 Å². The van der Waals surface area contributed by atoms with E-state index in [1.807, 2.05) is 0 Å². The smallest absolute Gasteiger partial charge is 0.267 e. The Kier molecular flexibility index (Phi) is 8.45. The van der Waals surface area contributed by atoms with Crippen molar-refractivity contribution >= 4 is 16.0 Å². The summed E-state index contributed by atoms with van der Waals surface area (Å²) in [7, 11) is -4.18. The van der Waals surface area contributed by atoms with E-state index in [4.69, 9.17) is 0 Å². The van der Waals surface area contributed by atoms with Crippen molar-refractivity contribution < 1.29 is 28.0 Å². The topological polar surface area (TPSA) is 124 Å². The van der Waals surface area contributed by atoms with Crippen LogP contribution in [0.5, 0.6) is 0 Å². The fraction of sp³-hybridized carbons (Fsp3) is 0.967. The van der Waals surface area contributed by atoms with E-state index in [2.05, 4.69) is 33.0 Å². The zero-order valence-corrected chi connectivity index (χ0v) is 25.3. The first kappa shape index (κ1) is 30.3. The highest BCUT2D eigenvalue weighted by atomic mass is 32.2. The Morgan fingerprint density at radius 2 is 1.66 bits per heavy atom. The number of rotatable bonds is 8. The molecule has 38 heavy (non-hydrogen) atoms. The summed E-state index contributed by atoms with van der Waals surface area (Å²) in [6, 6.07) is 0. The van der Waals surface area contributed by atoms with Gasteiger partial charge in [-0.25, -0.2) is 0 Å². The summed E-state index contributed by atoms with van der Waals surface area (Å²) in [5, 5.41) is 25.1. The number of amides is 1. The molecule has 4 aliphatic rings. The summed E-state index contributed by atoms with van der Waals surface area (Å²) < 4.78 is 31.8. The zero-order chi connectivity index (χ0) is 28.3. The molecule has 8 heteroatoms. The molecule has 0 aromatic carbocycles. The molecule has 4 aliphatic carbocycles. The second-order valence-electron chi connectivity index (χ2n) is 14.8. The number of aliphatic hydroxyl groups excluding tert-OH is 2. The molecular formula is C30H53NO6S. The first-order chi connectivity index (χ1) is 17.5. The Labute approximate surface area is 230 Å². The minimum absolute atomic E-state index is 0.151. The minimum atomic E-state index is -4.18. The number of aliphatic hydroxyl groups is 2. The van der Waals surface area contributed by atoms with Gasteiger partial charge in [0, 0.05) is 6.42 Å². The standard InChI is InChI=1S/C30H53NO6S/c1-7-20-24-16-19(32)12-14-30(24,6)23-13-15-29(5)21(9-10-22(29)26(23)27(20)34)18(2)8-11-25(33)31-28(3,4)17-38(35,36)37/h18-24,26-27,32,34H,7-17H2,1-6H3,(H,31,33)(H,35,36,37). The second-order valence-corrected chi connectivity index (χ2v) is 16.2. The summed E-state index contributed by atoms with van der Waals surface area (Å²) in [4.78, 5) is 12.7. The maximum Gasteiger partial charge on any atom is 0.267 e. The van der Waals surface area contributed by atoms with Crippen molar-refractivity contribution in [2.75, 3.05) is 5.75 Å². The van der Waals surface area contributed by atoms with Crippen LogP contribution < -0.4 is 5.32 Å². The molecule has 11 atom stereocenters. The molecule has 0 aromatic heterocycles. The molecule has 4 fully saturated rings. The van der Waals surface area contributed by atoms with Crippen LogP contribution in [0, 0.1) is 52.3 Å². The zero-order valence-electron chi connectivity index (χ0n) is 24.4. The monoisotopic (exact) mass is 555 g/mol. The molecule has 1 amide bonds. The predicted octanol–water partition coefficient (Wildman–Crippen LogP) is 4.81. The molecule has 0 heterocycles. The highest BCUT2D eigenvalue weighted by Gasteiger charge is 2.64. The third kappa shape index (κ3) is 5.58. The van der Waals surface area contributed by atoms with Gasteiger partial charge in [0.25, 0.3) is 10.1 Å². The minimum Gasteiger partial charge on any atom is -0.393 e. The van der Waals surface area contributed by atoms with Crippen LogP contribution in [0.3, 0.4) is 0 Å². The molecule has 4 N–H and O–H groups in total. The van der Waals surface area contributed by atoms with Crippen LogP contribution in [0.1, 0.15) is 106 Å². The van der Waals surface area contributed by atoms with Crippen LogP contribution in [0.4, 0.5) is 0 Å². The highest BCUT2D eigenvalue weighted by Crippen LogP contribution is 2.69. The average Bonchev–Trinajstić information content (AvgIpc) is 3.14. The summed E-state index contributed by atoms with van der Waals surface area (Å²) in [6.45, 7) is 12.6. The van der Waals surface area contributed by atoms with Gasteiger partial charge in [0.2, 0.25) is 5.91 Å². The van der Waals surface area contributed by atoms with Gasteiger partial charge >= 0.3 is 0 Å². The van der Waals surface area contributed by atoms with E-state index in [-0.39, 0.29) is 34.9 Å². The molecule has 0 radical (unpaired) electrons. The van der Waals surface area contributed by atoms with Crippen LogP contribution in [-0.4, -0.2) is 52.6 Å². The molecule has 11 unspecified atom stereocenters. The molecule has 4 saturated carbocycles. The van der Waals surface area contributed by atoms with Gasteiger partial charge < -0.3 is 15.5 Å². The van der Waals surface area contributed by atoms with Crippen molar-refractivity contribution in [3.63, 3.8) is 0 Å². The number of carbonyl (C=O) groups excluding carboxylic acids is 1. The molecule has 4 rings (SSSR count). The van der Waals surface area contributed by atoms with Crippen LogP contribution >= 0.6 is 0 Å². The Morgan fingerprint density at radius 3 is 2.29 bits per heavy atom. The lowest BCUT2D eigenvalue weighted by Crippen LogP contribution is -2.62. The lowest BCUT2D eigenvalue weighted by atomic mass is 9.41. The van der Waals surface area contributed by atoms with Gasteiger partial charge in [0.15, 0.2) is 0 Å². The van der Waals surface area contributed by atoms with Gasteiger partial charge in [-0.1, -0.05) is 34.1 Å². The van der Waals surface area contributed by atoms with Crippen LogP contribution in [0.2, 0.25) is 0 Å². The van der Waals surface area contributed by atoms with Gasteiger partial charge in [0.05, 0.1) is 23.5 Å². The number of carbonyl (C=O) groups is 1. The maximum absolute atomic E-state index is 12.7. The molecule has 0 aliphatic heterocycles. The Bertz CT molecular complexity index is 983. The van der Waals surface area contributed by atoms with E-state index in [0.717, 1.165) is 57.8 Å². The van der Waals surface area contributed by atoms with Crippen molar-refractivity contribution in [3.05, 3.63) is 0 Å². The van der Waals surface area contributed by atoms with Crippen LogP contribution in [0.15, 0.2) is 0 Å². The van der Waals surface area contributed by atoms with Crippen molar-refractivity contribution in [3.8, 4) is 0 Å². The Hall–Kier alpha value is -0.700. The SMILES string of the molecule is CCC1C(O)C2C3CCC(C(C)CCC(=O)NC(C)(C)CS(=O)(=O)O)C3(C)CCC2C2(C)CCC(O)CC12. The Balaban J connectivity index is 1.45. The number of fused-ring (bicyclic) bond motifs is 5. The average molecular weight is 556 g/mol. The number of hydrogen-bond donors (Lipinski definition) is 4. The largest absolute Gasteiger partial charge is 0.393 e. The van der Waals surface area contributed by atoms with Crippen LogP contribution in [-0.2, 0) is 14.9 Å². The van der Waals surface area contributed by atoms with E-state index >= 15 is 0 Å². The second kappa shape index (κ2) is 10.6. The number of nitrogens with one attached hydrogen (secondary N) is 1. The predicted molar refractivity (Wildman–Crippen MR) is 149 cm³/mol. The molecule has 220 valence electrons. The normalized spacial score (nSPS) is 44.0. The third-order valence-corrected chi connectivity index (χ3v) is 13.1. The molecule has 7 nitrogen and oxygen atoms in total. The van der Waals surface area contributed by atoms with E-state index in [9.17, 15) is 28.0 Å². The molecular weight excluding hydrogens is 502 g/mol. The van der Waals surface area contributed by atoms with E-state index in [1.54, 1.807) is 13.8 Å². The van der Waals surface area contributed by atoms with Gasteiger partial charge in [-0.05, 0) is 117 Å². The fourth-order valence-electron chi connectivity index (χ4n) is 10.4. The van der Waals surface area contributed by atoms with Crippen LogP contribution in [0.25, 0.3) is 0 Å². The molecule has 0 bridgehead atoms. The molecule has 0 saturated heterocycles. The third-order valence-electron chi connectivity index (χ3n) is 12.0. The first-order valence-electron chi connectivity index (χ1n) is 15.1.